The van der Waals surface area contributed by atoms with Gasteiger partial charge in [0, 0.05) is 12.2 Å². The van der Waals surface area contributed by atoms with Crippen LogP contribution in [0.4, 0.5) is 10.5 Å². The Labute approximate surface area is 144 Å². The molecule has 0 spiro atoms. The number of rotatable bonds is 7. The Morgan fingerprint density at radius 3 is 2.42 bits per heavy atom. The number of anilines is 1. The molecule has 0 unspecified atom stereocenters. The molecular formula is C20H26N2O2. The highest BCUT2D eigenvalue weighted by atomic mass is 16.5. The predicted octanol–water partition coefficient (Wildman–Crippen LogP) is 4.42. The highest BCUT2D eigenvalue weighted by Gasteiger charge is 2.13. The highest BCUT2D eigenvalue weighted by Crippen LogP contribution is 2.25. The third-order valence-electron chi connectivity index (χ3n) is 3.81. The Bertz CT molecular complexity index is 641. The molecule has 2 aromatic rings. The molecule has 0 saturated carbocycles. The molecule has 0 aromatic heterocycles. The summed E-state index contributed by atoms with van der Waals surface area (Å²) >= 11 is 0. The van der Waals surface area contributed by atoms with Crippen LogP contribution in [0.2, 0.25) is 0 Å². The van der Waals surface area contributed by atoms with Crippen LogP contribution in [-0.4, -0.2) is 25.7 Å². The summed E-state index contributed by atoms with van der Waals surface area (Å²) in [7, 11) is 0. The fraction of sp³-hybridized carbons (Fsp3) is 0.350. The molecule has 0 heterocycles. The van der Waals surface area contributed by atoms with Crippen molar-refractivity contribution in [3.05, 3.63) is 60.2 Å². The van der Waals surface area contributed by atoms with Gasteiger partial charge in [-0.25, -0.2) is 4.79 Å². The molecule has 4 heteroatoms. The van der Waals surface area contributed by atoms with Crippen LogP contribution in [0.3, 0.4) is 0 Å². The molecule has 0 radical (unpaired) electrons. The molecule has 0 atom stereocenters. The van der Waals surface area contributed by atoms with Crippen LogP contribution in [0.25, 0.3) is 0 Å². The average Bonchev–Trinajstić information content (AvgIpc) is 2.60. The SMILES string of the molecule is CCN(C(=O)NCCOc1ccccc1C(C)C)c1ccccc1. The first-order valence-electron chi connectivity index (χ1n) is 8.45. The van der Waals surface area contributed by atoms with Gasteiger partial charge in [0.1, 0.15) is 12.4 Å². The largest absolute Gasteiger partial charge is 0.491 e. The van der Waals surface area contributed by atoms with Gasteiger partial charge < -0.3 is 10.1 Å². The smallest absolute Gasteiger partial charge is 0.321 e. The Morgan fingerprint density at radius 1 is 1.08 bits per heavy atom. The number of benzene rings is 2. The number of amides is 2. The zero-order valence-electron chi connectivity index (χ0n) is 14.7. The van der Waals surface area contributed by atoms with E-state index in [1.165, 1.54) is 5.56 Å². The van der Waals surface area contributed by atoms with Crippen molar-refractivity contribution in [2.45, 2.75) is 26.7 Å². The molecule has 0 fully saturated rings. The summed E-state index contributed by atoms with van der Waals surface area (Å²) < 4.78 is 5.83. The van der Waals surface area contributed by atoms with Crippen molar-refractivity contribution in [3.63, 3.8) is 0 Å². The van der Waals surface area contributed by atoms with E-state index in [0.717, 1.165) is 11.4 Å². The monoisotopic (exact) mass is 326 g/mol. The maximum absolute atomic E-state index is 12.3. The molecule has 0 aliphatic heterocycles. The first-order valence-corrected chi connectivity index (χ1v) is 8.45. The second-order valence-corrected chi connectivity index (χ2v) is 5.85. The molecule has 0 bridgehead atoms. The van der Waals surface area contributed by atoms with Gasteiger partial charge >= 0.3 is 6.03 Å². The van der Waals surface area contributed by atoms with E-state index in [0.29, 0.717) is 25.6 Å². The molecule has 0 aliphatic carbocycles. The number of hydrogen-bond acceptors (Lipinski definition) is 2. The van der Waals surface area contributed by atoms with E-state index >= 15 is 0 Å². The average molecular weight is 326 g/mol. The van der Waals surface area contributed by atoms with Crippen LogP contribution in [0.5, 0.6) is 5.75 Å². The highest BCUT2D eigenvalue weighted by molar-refractivity contribution is 5.91. The Hall–Kier alpha value is -2.49. The van der Waals surface area contributed by atoms with Crippen LogP contribution in [0.15, 0.2) is 54.6 Å². The minimum Gasteiger partial charge on any atom is -0.491 e. The van der Waals surface area contributed by atoms with Gasteiger partial charge in [0.2, 0.25) is 0 Å². The van der Waals surface area contributed by atoms with Crippen molar-refractivity contribution in [3.8, 4) is 5.75 Å². The molecule has 2 aromatic carbocycles. The summed E-state index contributed by atoms with van der Waals surface area (Å²) in [6.45, 7) is 7.77. The zero-order valence-corrected chi connectivity index (χ0v) is 14.7. The number of carbonyl (C=O) groups is 1. The maximum atomic E-state index is 12.3. The van der Waals surface area contributed by atoms with Gasteiger partial charge in [0.25, 0.3) is 0 Å². The van der Waals surface area contributed by atoms with Gasteiger partial charge in [-0.3, -0.25) is 4.90 Å². The molecule has 0 aliphatic rings. The van der Waals surface area contributed by atoms with Crippen molar-refractivity contribution in [1.29, 1.82) is 0 Å². The van der Waals surface area contributed by atoms with E-state index in [9.17, 15) is 4.79 Å². The van der Waals surface area contributed by atoms with Gasteiger partial charge in [-0.15, -0.1) is 0 Å². The van der Waals surface area contributed by atoms with Crippen LogP contribution in [-0.2, 0) is 0 Å². The van der Waals surface area contributed by atoms with Gasteiger partial charge in [-0.2, -0.15) is 0 Å². The summed E-state index contributed by atoms with van der Waals surface area (Å²) in [6, 6.07) is 17.6. The fourth-order valence-electron chi connectivity index (χ4n) is 2.55. The molecule has 2 amide bonds. The second kappa shape index (κ2) is 8.96. The lowest BCUT2D eigenvalue weighted by Gasteiger charge is -2.21. The molecule has 1 N–H and O–H groups in total. The first-order chi connectivity index (χ1) is 11.6. The first kappa shape index (κ1) is 17.9. The standard InChI is InChI=1S/C20H26N2O2/c1-4-22(17-10-6-5-7-11-17)20(23)21-14-15-24-19-13-9-8-12-18(19)16(2)3/h5-13,16H,4,14-15H2,1-3H3,(H,21,23). The van der Waals surface area contributed by atoms with Crippen molar-refractivity contribution in [2.75, 3.05) is 24.6 Å². The van der Waals surface area contributed by atoms with Crippen molar-refractivity contribution < 1.29 is 9.53 Å². The summed E-state index contributed by atoms with van der Waals surface area (Å²) in [4.78, 5) is 14.0. The number of ether oxygens (including phenoxy) is 1. The summed E-state index contributed by atoms with van der Waals surface area (Å²) in [6.07, 6.45) is 0. The maximum Gasteiger partial charge on any atom is 0.321 e. The molecule has 0 saturated heterocycles. The van der Waals surface area contributed by atoms with Crippen LogP contribution in [0, 0.1) is 0 Å². The third-order valence-corrected chi connectivity index (χ3v) is 3.81. The number of carbonyl (C=O) groups excluding carboxylic acids is 1. The van der Waals surface area contributed by atoms with E-state index in [1.54, 1.807) is 4.90 Å². The Kier molecular flexibility index (Phi) is 6.67. The van der Waals surface area contributed by atoms with Gasteiger partial charge in [0.05, 0.1) is 6.54 Å². The van der Waals surface area contributed by atoms with E-state index in [1.807, 2.05) is 55.5 Å². The number of para-hydroxylation sites is 2. The number of nitrogens with one attached hydrogen (secondary N) is 1. The molecule has 4 nitrogen and oxygen atoms in total. The molecule has 2 rings (SSSR count). The number of nitrogens with zero attached hydrogens (tertiary/aromatic N) is 1. The van der Waals surface area contributed by atoms with E-state index < -0.39 is 0 Å². The van der Waals surface area contributed by atoms with Crippen molar-refractivity contribution >= 4 is 11.7 Å². The van der Waals surface area contributed by atoms with E-state index in [2.05, 4.69) is 25.2 Å². The lowest BCUT2D eigenvalue weighted by atomic mass is 10.0. The minimum atomic E-state index is -0.107. The van der Waals surface area contributed by atoms with E-state index in [-0.39, 0.29) is 6.03 Å². The molecule has 24 heavy (non-hydrogen) atoms. The van der Waals surface area contributed by atoms with Gasteiger partial charge in [-0.1, -0.05) is 50.2 Å². The molecular weight excluding hydrogens is 300 g/mol. The van der Waals surface area contributed by atoms with Crippen LogP contribution >= 0.6 is 0 Å². The quantitative estimate of drug-likeness (QED) is 0.765. The Balaban J connectivity index is 1.85. The minimum absolute atomic E-state index is 0.107. The van der Waals surface area contributed by atoms with Crippen LogP contribution in [0.1, 0.15) is 32.3 Å². The van der Waals surface area contributed by atoms with Gasteiger partial charge in [0.15, 0.2) is 0 Å². The predicted molar refractivity (Wildman–Crippen MR) is 98.9 cm³/mol. The van der Waals surface area contributed by atoms with E-state index in [4.69, 9.17) is 4.74 Å². The summed E-state index contributed by atoms with van der Waals surface area (Å²) in [5.74, 6) is 1.29. The second-order valence-electron chi connectivity index (χ2n) is 5.85. The number of hydrogen-bond donors (Lipinski definition) is 1. The van der Waals surface area contributed by atoms with Crippen molar-refractivity contribution in [1.82, 2.24) is 5.32 Å². The zero-order chi connectivity index (χ0) is 17.4. The van der Waals surface area contributed by atoms with Crippen LogP contribution < -0.4 is 15.0 Å². The van der Waals surface area contributed by atoms with Gasteiger partial charge in [-0.05, 0) is 36.6 Å². The lowest BCUT2D eigenvalue weighted by molar-refractivity contribution is 0.242. The number of urea groups is 1. The third kappa shape index (κ3) is 4.75. The summed E-state index contributed by atoms with van der Waals surface area (Å²) in [5, 5.41) is 2.91. The molecule has 128 valence electrons. The topological polar surface area (TPSA) is 41.6 Å². The fourth-order valence-corrected chi connectivity index (χ4v) is 2.55. The summed E-state index contributed by atoms with van der Waals surface area (Å²) in [5.41, 5.74) is 2.08. The normalized spacial score (nSPS) is 10.5. The van der Waals surface area contributed by atoms with Crippen molar-refractivity contribution in [2.24, 2.45) is 0 Å². The Morgan fingerprint density at radius 2 is 1.75 bits per heavy atom. The lowest BCUT2D eigenvalue weighted by Crippen LogP contribution is -2.41.